The second kappa shape index (κ2) is 4.73. The summed E-state index contributed by atoms with van der Waals surface area (Å²) in [5, 5.41) is 9.65. The fourth-order valence-corrected chi connectivity index (χ4v) is 1.83. The molecule has 1 N–H and O–H groups in total. The van der Waals surface area contributed by atoms with Crippen LogP contribution in [0.25, 0.3) is 0 Å². The van der Waals surface area contributed by atoms with Crippen LogP contribution >= 0.6 is 0 Å². The normalized spacial score (nSPS) is 15.0. The number of aromatic nitrogens is 1. The zero-order valence-corrected chi connectivity index (χ0v) is 10.3. The molecule has 1 aliphatic carbocycles. The number of carbonyl (C=O) groups excluding carboxylic acids is 1. The van der Waals surface area contributed by atoms with Gasteiger partial charge in [0.1, 0.15) is 5.75 Å². The van der Waals surface area contributed by atoms with Crippen molar-refractivity contribution in [1.82, 2.24) is 9.88 Å². The minimum Gasteiger partial charge on any atom is -0.505 e. The molecule has 0 radical (unpaired) electrons. The highest BCUT2D eigenvalue weighted by Crippen LogP contribution is 2.31. The molecule has 1 heterocycles. The summed E-state index contributed by atoms with van der Waals surface area (Å²) in [6.45, 7) is 4.79. The van der Waals surface area contributed by atoms with Gasteiger partial charge in [-0.05, 0) is 38.7 Å². The fourth-order valence-electron chi connectivity index (χ4n) is 1.83. The standard InChI is InChI=1S/C13H18N2O2/c1-9(2)15(8-10-3-4-10)13(17)11-5-6-14-7-12(11)16/h5-7,9-10,16H,3-4,8H2,1-2H3. The van der Waals surface area contributed by atoms with Gasteiger partial charge in [0.15, 0.2) is 0 Å². The number of hydrogen-bond donors (Lipinski definition) is 1. The predicted octanol–water partition coefficient (Wildman–Crippen LogP) is 2.05. The first-order valence-corrected chi connectivity index (χ1v) is 6.03. The molecule has 0 spiro atoms. The van der Waals surface area contributed by atoms with Crippen LogP contribution in [0.3, 0.4) is 0 Å². The van der Waals surface area contributed by atoms with E-state index >= 15 is 0 Å². The van der Waals surface area contributed by atoms with Gasteiger partial charge in [0, 0.05) is 18.8 Å². The summed E-state index contributed by atoms with van der Waals surface area (Å²) in [6.07, 6.45) is 5.25. The molecule has 1 aliphatic rings. The van der Waals surface area contributed by atoms with Crippen LogP contribution in [0, 0.1) is 5.92 Å². The van der Waals surface area contributed by atoms with Crippen LogP contribution in [0.4, 0.5) is 0 Å². The third kappa shape index (κ3) is 2.75. The maximum absolute atomic E-state index is 12.3. The lowest BCUT2D eigenvalue weighted by atomic mass is 10.1. The molecule has 1 aromatic heterocycles. The number of hydrogen-bond acceptors (Lipinski definition) is 3. The predicted molar refractivity (Wildman–Crippen MR) is 64.8 cm³/mol. The van der Waals surface area contributed by atoms with Crippen molar-refractivity contribution in [2.45, 2.75) is 32.7 Å². The highest BCUT2D eigenvalue weighted by Gasteiger charge is 2.29. The van der Waals surface area contributed by atoms with Crippen molar-refractivity contribution in [2.75, 3.05) is 6.54 Å². The number of aromatic hydroxyl groups is 1. The molecule has 17 heavy (non-hydrogen) atoms. The smallest absolute Gasteiger partial charge is 0.257 e. The Kier molecular flexibility index (Phi) is 3.31. The molecule has 0 bridgehead atoms. The molecule has 4 heteroatoms. The number of carbonyl (C=O) groups is 1. The number of pyridine rings is 1. The van der Waals surface area contributed by atoms with E-state index in [2.05, 4.69) is 4.98 Å². The van der Waals surface area contributed by atoms with E-state index in [-0.39, 0.29) is 17.7 Å². The van der Waals surface area contributed by atoms with Crippen LogP contribution in [-0.4, -0.2) is 33.5 Å². The average molecular weight is 234 g/mol. The van der Waals surface area contributed by atoms with Gasteiger partial charge in [-0.1, -0.05) is 0 Å². The van der Waals surface area contributed by atoms with E-state index in [0.29, 0.717) is 11.5 Å². The van der Waals surface area contributed by atoms with Crippen LogP contribution in [0.2, 0.25) is 0 Å². The SMILES string of the molecule is CC(C)N(CC1CC1)C(=O)c1ccncc1O. The van der Waals surface area contributed by atoms with Crippen LogP contribution in [0.1, 0.15) is 37.0 Å². The number of rotatable bonds is 4. The zero-order valence-electron chi connectivity index (χ0n) is 10.3. The molecule has 0 unspecified atom stereocenters. The van der Waals surface area contributed by atoms with Crippen molar-refractivity contribution in [3.8, 4) is 5.75 Å². The Hall–Kier alpha value is -1.58. The molecule has 1 aromatic rings. The van der Waals surface area contributed by atoms with Gasteiger partial charge in [-0.3, -0.25) is 9.78 Å². The maximum atomic E-state index is 12.3. The summed E-state index contributed by atoms with van der Waals surface area (Å²) < 4.78 is 0. The lowest BCUT2D eigenvalue weighted by molar-refractivity contribution is 0.0693. The molecule has 1 saturated carbocycles. The quantitative estimate of drug-likeness (QED) is 0.867. The van der Waals surface area contributed by atoms with Crippen molar-refractivity contribution in [3.05, 3.63) is 24.0 Å². The molecular formula is C13H18N2O2. The lowest BCUT2D eigenvalue weighted by Crippen LogP contribution is -2.38. The average Bonchev–Trinajstić information content (AvgIpc) is 3.09. The monoisotopic (exact) mass is 234 g/mol. The zero-order chi connectivity index (χ0) is 12.4. The van der Waals surface area contributed by atoms with Gasteiger partial charge in [0.2, 0.25) is 0 Å². The Morgan fingerprint density at radius 2 is 2.29 bits per heavy atom. The van der Waals surface area contributed by atoms with E-state index < -0.39 is 0 Å². The highest BCUT2D eigenvalue weighted by atomic mass is 16.3. The van der Waals surface area contributed by atoms with Crippen molar-refractivity contribution in [3.63, 3.8) is 0 Å². The third-order valence-electron chi connectivity index (χ3n) is 3.07. The summed E-state index contributed by atoms with van der Waals surface area (Å²) in [5.74, 6) is 0.496. The number of nitrogens with zero attached hydrogens (tertiary/aromatic N) is 2. The molecule has 0 aromatic carbocycles. The van der Waals surface area contributed by atoms with Gasteiger partial charge < -0.3 is 10.0 Å². The van der Waals surface area contributed by atoms with Gasteiger partial charge in [0.05, 0.1) is 11.8 Å². The number of amides is 1. The van der Waals surface area contributed by atoms with Crippen LogP contribution in [0.15, 0.2) is 18.5 Å². The molecule has 1 amide bonds. The largest absolute Gasteiger partial charge is 0.505 e. The topological polar surface area (TPSA) is 53.4 Å². The van der Waals surface area contributed by atoms with E-state index in [1.54, 1.807) is 6.07 Å². The van der Waals surface area contributed by atoms with Crippen molar-refractivity contribution in [2.24, 2.45) is 5.92 Å². The van der Waals surface area contributed by atoms with Gasteiger partial charge in [-0.2, -0.15) is 0 Å². The van der Waals surface area contributed by atoms with E-state index in [0.717, 1.165) is 6.54 Å². The minimum absolute atomic E-state index is 0.0426. The van der Waals surface area contributed by atoms with E-state index in [1.165, 1.54) is 25.2 Å². The van der Waals surface area contributed by atoms with Crippen LogP contribution in [0.5, 0.6) is 5.75 Å². The molecule has 92 valence electrons. The van der Waals surface area contributed by atoms with Gasteiger partial charge in [-0.25, -0.2) is 0 Å². The fraction of sp³-hybridized carbons (Fsp3) is 0.538. The Morgan fingerprint density at radius 3 is 2.82 bits per heavy atom. The molecule has 4 nitrogen and oxygen atoms in total. The molecule has 0 aliphatic heterocycles. The Balaban J connectivity index is 2.18. The van der Waals surface area contributed by atoms with E-state index in [4.69, 9.17) is 0 Å². The molecule has 0 saturated heterocycles. The van der Waals surface area contributed by atoms with Crippen molar-refractivity contribution in [1.29, 1.82) is 0 Å². The van der Waals surface area contributed by atoms with E-state index in [9.17, 15) is 9.90 Å². The Bertz CT molecular complexity index is 414. The second-order valence-corrected chi connectivity index (χ2v) is 4.89. The summed E-state index contributed by atoms with van der Waals surface area (Å²) >= 11 is 0. The molecule has 1 fully saturated rings. The van der Waals surface area contributed by atoms with Crippen molar-refractivity contribution < 1.29 is 9.90 Å². The minimum atomic E-state index is -0.105. The third-order valence-corrected chi connectivity index (χ3v) is 3.07. The van der Waals surface area contributed by atoms with Gasteiger partial charge in [0.25, 0.3) is 5.91 Å². The first-order chi connectivity index (χ1) is 8.09. The summed E-state index contributed by atoms with van der Waals surface area (Å²) in [5.41, 5.74) is 0.342. The highest BCUT2D eigenvalue weighted by molar-refractivity contribution is 5.96. The summed E-state index contributed by atoms with van der Waals surface area (Å²) in [6, 6.07) is 1.72. The van der Waals surface area contributed by atoms with Crippen LogP contribution in [-0.2, 0) is 0 Å². The van der Waals surface area contributed by atoms with Crippen LogP contribution < -0.4 is 0 Å². The van der Waals surface area contributed by atoms with Gasteiger partial charge >= 0.3 is 0 Å². The first kappa shape index (κ1) is 11.9. The molecular weight excluding hydrogens is 216 g/mol. The summed E-state index contributed by atoms with van der Waals surface area (Å²) in [4.78, 5) is 17.9. The second-order valence-electron chi connectivity index (χ2n) is 4.89. The lowest BCUT2D eigenvalue weighted by Gasteiger charge is -2.27. The van der Waals surface area contributed by atoms with Crippen molar-refractivity contribution >= 4 is 5.91 Å². The maximum Gasteiger partial charge on any atom is 0.257 e. The summed E-state index contributed by atoms with van der Waals surface area (Å²) in [7, 11) is 0. The molecule has 2 rings (SSSR count). The first-order valence-electron chi connectivity index (χ1n) is 6.03. The van der Waals surface area contributed by atoms with Gasteiger partial charge in [-0.15, -0.1) is 0 Å². The van der Waals surface area contributed by atoms with E-state index in [1.807, 2.05) is 18.7 Å². The Labute approximate surface area is 101 Å². The molecule has 0 atom stereocenters. The Morgan fingerprint density at radius 1 is 1.59 bits per heavy atom.